The molecule has 2 aromatic rings. The highest BCUT2D eigenvalue weighted by Gasteiger charge is 2.52. The fraction of sp³-hybridized carbons (Fsp3) is 0.667. The SMILES string of the molecule is O=C(NC12CC3CC(CC(C3)C1)C2)c1[nH]c(C[NH+]2CCC(CO)CC2)c2cccc[n+]12.O=C([O-])C(F)(F)F.[HH]. The molecule has 5 aliphatic rings. The minimum atomic E-state index is -5.19. The molecule has 0 atom stereocenters. The number of quaternary nitrogens is 1. The van der Waals surface area contributed by atoms with Gasteiger partial charge < -0.3 is 25.2 Å². The average Bonchev–Trinajstić information content (AvgIpc) is 3.22. The number of hydrogen-bond acceptors (Lipinski definition) is 4. The molecule has 1 saturated heterocycles. The van der Waals surface area contributed by atoms with Crippen LogP contribution in [0.3, 0.4) is 0 Å². The van der Waals surface area contributed by atoms with Gasteiger partial charge in [0.15, 0.2) is 5.52 Å². The van der Waals surface area contributed by atoms with Crippen LogP contribution in [0.2, 0.25) is 0 Å². The van der Waals surface area contributed by atoms with Crippen LogP contribution < -0.4 is 19.7 Å². The first kappa shape index (κ1) is 26.9. The Labute approximate surface area is 220 Å². The van der Waals surface area contributed by atoms with E-state index in [0.29, 0.717) is 18.3 Å². The second-order valence-electron chi connectivity index (χ2n) is 11.9. The summed E-state index contributed by atoms with van der Waals surface area (Å²) in [5, 5.41) is 21.7. The lowest BCUT2D eigenvalue weighted by molar-refractivity contribution is -0.920. The zero-order valence-electron chi connectivity index (χ0n) is 21.4. The maximum absolute atomic E-state index is 13.5. The number of amides is 1. The van der Waals surface area contributed by atoms with Crippen molar-refractivity contribution in [2.45, 2.75) is 69.6 Å². The molecule has 1 aliphatic heterocycles. The number of imidazole rings is 1. The van der Waals surface area contributed by atoms with Crippen molar-refractivity contribution >= 4 is 17.4 Å². The number of carbonyl (C=O) groups is 2. The van der Waals surface area contributed by atoms with Crippen molar-refractivity contribution in [1.82, 2.24) is 10.3 Å². The van der Waals surface area contributed by atoms with E-state index in [0.717, 1.165) is 61.4 Å². The maximum atomic E-state index is 13.5. The highest BCUT2D eigenvalue weighted by Crippen LogP contribution is 2.55. The lowest BCUT2D eigenvalue weighted by Gasteiger charge is -2.56. The first-order chi connectivity index (χ1) is 18.0. The van der Waals surface area contributed by atoms with Crippen LogP contribution in [0.5, 0.6) is 0 Å². The quantitative estimate of drug-likeness (QED) is 0.421. The van der Waals surface area contributed by atoms with E-state index in [2.05, 4.69) is 22.4 Å². The topological polar surface area (TPSA) is 114 Å². The summed E-state index contributed by atoms with van der Waals surface area (Å²) in [6.45, 7) is 3.37. The Morgan fingerprint density at radius 1 is 1.13 bits per heavy atom. The highest BCUT2D eigenvalue weighted by atomic mass is 19.4. The summed E-state index contributed by atoms with van der Waals surface area (Å²) in [7, 11) is 0. The summed E-state index contributed by atoms with van der Waals surface area (Å²) in [6, 6.07) is 6.18. The number of aromatic nitrogens is 2. The minimum absolute atomic E-state index is 0. The van der Waals surface area contributed by atoms with Crippen LogP contribution in [0.15, 0.2) is 24.4 Å². The number of carbonyl (C=O) groups excluding carboxylic acids is 2. The molecule has 4 saturated carbocycles. The lowest BCUT2D eigenvalue weighted by Crippen LogP contribution is -3.11. The second kappa shape index (κ2) is 10.5. The first-order valence-corrected chi connectivity index (χ1v) is 13.6. The Balaban J connectivity index is 0.000000394. The molecule has 38 heavy (non-hydrogen) atoms. The number of aromatic amines is 1. The molecule has 5 fully saturated rings. The van der Waals surface area contributed by atoms with Crippen LogP contribution in [0.4, 0.5) is 13.2 Å². The van der Waals surface area contributed by atoms with E-state index < -0.39 is 12.1 Å². The molecule has 0 unspecified atom stereocenters. The van der Waals surface area contributed by atoms with Gasteiger partial charge in [-0.2, -0.15) is 17.6 Å². The van der Waals surface area contributed by atoms with E-state index in [-0.39, 0.29) is 12.9 Å². The molecule has 210 valence electrons. The predicted molar refractivity (Wildman–Crippen MR) is 130 cm³/mol. The number of fused-ring (bicyclic) bond motifs is 1. The number of aliphatic hydroxyl groups is 1. The van der Waals surface area contributed by atoms with E-state index in [1.807, 2.05) is 16.7 Å². The van der Waals surface area contributed by atoms with Crippen molar-refractivity contribution in [1.29, 1.82) is 0 Å². The van der Waals surface area contributed by atoms with Gasteiger partial charge in [0.2, 0.25) is 5.69 Å². The largest absolute Gasteiger partial charge is 0.542 e. The fourth-order valence-corrected chi connectivity index (χ4v) is 7.71. The molecule has 2 aromatic heterocycles. The molecule has 0 spiro atoms. The van der Waals surface area contributed by atoms with Crippen molar-refractivity contribution in [3.63, 3.8) is 0 Å². The lowest BCUT2D eigenvalue weighted by atomic mass is 9.53. The van der Waals surface area contributed by atoms with Gasteiger partial charge in [-0.15, -0.1) is 0 Å². The van der Waals surface area contributed by atoms with Gasteiger partial charge in [-0.3, -0.25) is 4.79 Å². The average molecular weight is 540 g/mol. The number of hydrogen-bond donors (Lipinski definition) is 4. The molecular formula is C27H38F3N4O4+. The summed E-state index contributed by atoms with van der Waals surface area (Å²) in [5.74, 6) is 0.642. The van der Waals surface area contributed by atoms with E-state index >= 15 is 0 Å². The third kappa shape index (κ3) is 5.68. The molecule has 4 bridgehead atoms. The summed E-state index contributed by atoms with van der Waals surface area (Å²) in [4.78, 5) is 27.4. The van der Waals surface area contributed by atoms with Gasteiger partial charge in [-0.25, -0.2) is 4.98 Å². The molecule has 4 aliphatic carbocycles. The smallest absolute Gasteiger partial charge is 0.430 e. The van der Waals surface area contributed by atoms with Gasteiger partial charge in [0.1, 0.15) is 12.5 Å². The summed E-state index contributed by atoms with van der Waals surface area (Å²) in [6.07, 6.45) is 6.64. The molecule has 3 heterocycles. The van der Waals surface area contributed by atoms with E-state index in [1.165, 1.54) is 43.4 Å². The Morgan fingerprint density at radius 2 is 1.71 bits per heavy atom. The Morgan fingerprint density at radius 3 is 2.24 bits per heavy atom. The standard InChI is InChI=1S/C25H34N4O2.C2HF3O2.H2/c30-16-17-4-7-28(8-5-17)15-21-22-3-1-2-6-29(22)23(26-21)24(31)27-25-12-18-9-19(13-25)11-20(10-18)14-25;3-2(4,5)1(6)7;/h1-3,6,17-20,30H,4-5,7-16H2,(H,27,31);(H,6,7);1H/p+1. The van der Waals surface area contributed by atoms with E-state index in [1.54, 1.807) is 0 Å². The molecule has 11 heteroatoms. The molecule has 1 amide bonds. The molecule has 4 N–H and O–H groups in total. The minimum Gasteiger partial charge on any atom is -0.542 e. The van der Waals surface area contributed by atoms with E-state index in [4.69, 9.17) is 9.90 Å². The normalized spacial score (nSPS) is 32.1. The van der Waals surface area contributed by atoms with Crippen molar-refractivity contribution in [2.75, 3.05) is 19.7 Å². The van der Waals surface area contributed by atoms with Gasteiger partial charge in [0, 0.05) is 26.4 Å². The molecule has 0 aromatic carbocycles. The van der Waals surface area contributed by atoms with Crippen LogP contribution >= 0.6 is 0 Å². The Bertz CT molecular complexity index is 1140. The van der Waals surface area contributed by atoms with Crippen LogP contribution in [0.25, 0.3) is 5.52 Å². The van der Waals surface area contributed by atoms with Crippen molar-refractivity contribution in [3.05, 3.63) is 35.9 Å². The highest BCUT2D eigenvalue weighted by molar-refractivity contribution is 5.90. The van der Waals surface area contributed by atoms with Crippen LogP contribution in [-0.4, -0.2) is 53.4 Å². The number of pyridine rings is 1. The zero-order valence-corrected chi connectivity index (χ0v) is 21.4. The van der Waals surface area contributed by atoms with Gasteiger partial charge in [-0.1, -0.05) is 6.07 Å². The van der Waals surface area contributed by atoms with Crippen molar-refractivity contribution < 1.29 is 43.7 Å². The molecule has 0 radical (unpaired) electrons. The fourth-order valence-electron chi connectivity index (χ4n) is 7.71. The van der Waals surface area contributed by atoms with Crippen molar-refractivity contribution in [3.8, 4) is 0 Å². The molecule has 7 rings (SSSR count). The monoisotopic (exact) mass is 539 g/mol. The van der Waals surface area contributed by atoms with Crippen LogP contribution in [-0.2, 0) is 11.3 Å². The summed E-state index contributed by atoms with van der Waals surface area (Å²) in [5.41, 5.74) is 2.28. The number of carboxylic acid groups (broad SMARTS) is 1. The second-order valence-corrected chi connectivity index (χ2v) is 11.9. The zero-order chi connectivity index (χ0) is 27.1. The number of alkyl halides is 3. The maximum Gasteiger partial charge on any atom is 0.430 e. The number of aliphatic carboxylic acids is 1. The Hall–Kier alpha value is -2.66. The van der Waals surface area contributed by atoms with Gasteiger partial charge >= 0.3 is 17.9 Å². The van der Waals surface area contributed by atoms with Gasteiger partial charge in [0.25, 0.3) is 0 Å². The first-order valence-electron chi connectivity index (χ1n) is 13.6. The number of H-pyrrole nitrogens is 1. The van der Waals surface area contributed by atoms with Crippen LogP contribution in [0.1, 0.15) is 69.1 Å². The van der Waals surface area contributed by atoms with Gasteiger partial charge in [0.05, 0.1) is 19.3 Å². The number of carboxylic acids is 1. The van der Waals surface area contributed by atoms with Crippen molar-refractivity contribution in [2.24, 2.45) is 23.7 Å². The number of likely N-dealkylation sites (tertiary alicyclic amines) is 1. The van der Waals surface area contributed by atoms with E-state index in [9.17, 15) is 23.1 Å². The molecule has 8 nitrogen and oxygen atoms in total. The molecular weight excluding hydrogens is 501 g/mol. The third-order valence-corrected chi connectivity index (χ3v) is 9.04. The number of halogens is 3. The number of nitrogens with one attached hydrogen (secondary N) is 3. The number of aliphatic hydroxyl groups excluding tert-OH is 1. The number of rotatable bonds is 5. The van der Waals surface area contributed by atoms with Crippen LogP contribution in [0, 0.1) is 23.7 Å². The predicted octanol–water partition coefficient (Wildman–Crippen LogP) is 0.784. The third-order valence-electron chi connectivity index (χ3n) is 9.04. The van der Waals surface area contributed by atoms with Gasteiger partial charge in [-0.05, 0) is 74.3 Å². The Kier molecular flexibility index (Phi) is 7.43. The number of piperidine rings is 1. The summed E-state index contributed by atoms with van der Waals surface area (Å²) >= 11 is 0. The summed E-state index contributed by atoms with van der Waals surface area (Å²) < 4.78 is 33.6. The number of nitrogens with zero attached hydrogens (tertiary/aromatic N) is 1.